The SMILES string of the molecule is Cc1nnc(Sc2ccc(CCCN)o2)s1. The van der Waals surface area contributed by atoms with E-state index in [1.807, 2.05) is 19.1 Å². The van der Waals surface area contributed by atoms with Gasteiger partial charge in [0.25, 0.3) is 0 Å². The number of hydrogen-bond acceptors (Lipinski definition) is 6. The van der Waals surface area contributed by atoms with E-state index in [4.69, 9.17) is 10.2 Å². The molecule has 6 heteroatoms. The Morgan fingerprint density at radius 1 is 1.44 bits per heavy atom. The van der Waals surface area contributed by atoms with Crippen molar-refractivity contribution >= 4 is 23.1 Å². The summed E-state index contributed by atoms with van der Waals surface area (Å²) >= 11 is 3.08. The molecule has 0 aromatic carbocycles. The summed E-state index contributed by atoms with van der Waals surface area (Å²) in [5.41, 5.74) is 5.45. The van der Waals surface area contributed by atoms with Crippen molar-refractivity contribution in [2.24, 2.45) is 5.73 Å². The fourth-order valence-electron chi connectivity index (χ4n) is 1.23. The van der Waals surface area contributed by atoms with Gasteiger partial charge in [0.2, 0.25) is 0 Å². The Kier molecular flexibility index (Phi) is 3.98. The standard InChI is InChI=1S/C10H13N3OS2/c1-7-12-13-10(15-7)16-9-5-4-8(14-9)3-2-6-11/h4-5H,2-3,6,11H2,1H3. The number of nitrogens with zero attached hydrogens (tertiary/aromatic N) is 2. The molecule has 2 N–H and O–H groups in total. The number of aryl methyl sites for hydroxylation is 2. The predicted octanol–water partition coefficient (Wildman–Crippen LogP) is 2.48. The van der Waals surface area contributed by atoms with Gasteiger partial charge < -0.3 is 10.2 Å². The van der Waals surface area contributed by atoms with Gasteiger partial charge >= 0.3 is 0 Å². The van der Waals surface area contributed by atoms with E-state index >= 15 is 0 Å². The van der Waals surface area contributed by atoms with Crippen LogP contribution in [0.3, 0.4) is 0 Å². The van der Waals surface area contributed by atoms with Crippen LogP contribution in [0.1, 0.15) is 17.2 Å². The Morgan fingerprint density at radius 3 is 3.00 bits per heavy atom. The van der Waals surface area contributed by atoms with E-state index in [9.17, 15) is 0 Å². The van der Waals surface area contributed by atoms with Gasteiger partial charge in [-0.3, -0.25) is 0 Å². The number of aromatic nitrogens is 2. The lowest BCUT2D eigenvalue weighted by molar-refractivity contribution is 0.428. The van der Waals surface area contributed by atoms with E-state index < -0.39 is 0 Å². The van der Waals surface area contributed by atoms with Crippen molar-refractivity contribution in [3.63, 3.8) is 0 Å². The highest BCUT2D eigenvalue weighted by Crippen LogP contribution is 2.31. The lowest BCUT2D eigenvalue weighted by Crippen LogP contribution is -1.99. The predicted molar refractivity (Wildman–Crippen MR) is 64.9 cm³/mol. The van der Waals surface area contributed by atoms with E-state index in [0.717, 1.165) is 33.0 Å². The first kappa shape index (κ1) is 11.6. The zero-order valence-electron chi connectivity index (χ0n) is 8.97. The Labute approximate surface area is 102 Å². The largest absolute Gasteiger partial charge is 0.454 e. The van der Waals surface area contributed by atoms with Crippen LogP contribution in [-0.4, -0.2) is 16.7 Å². The number of hydrogen-bond donors (Lipinski definition) is 1. The summed E-state index contributed by atoms with van der Waals surface area (Å²) in [5, 5.41) is 9.83. The first-order valence-corrected chi connectivity index (χ1v) is 6.68. The summed E-state index contributed by atoms with van der Waals surface area (Å²) in [7, 11) is 0. The molecular weight excluding hydrogens is 242 g/mol. The Hall–Kier alpha value is -0.850. The third-order valence-electron chi connectivity index (χ3n) is 1.96. The van der Waals surface area contributed by atoms with Crippen molar-refractivity contribution in [2.75, 3.05) is 6.54 Å². The van der Waals surface area contributed by atoms with Crippen LogP contribution < -0.4 is 5.73 Å². The lowest BCUT2D eigenvalue weighted by atomic mass is 10.2. The van der Waals surface area contributed by atoms with Crippen molar-refractivity contribution in [1.29, 1.82) is 0 Å². The summed E-state index contributed by atoms with van der Waals surface area (Å²) < 4.78 is 6.56. The highest BCUT2D eigenvalue weighted by Gasteiger charge is 2.07. The molecule has 4 nitrogen and oxygen atoms in total. The number of furan rings is 1. The zero-order chi connectivity index (χ0) is 11.4. The second kappa shape index (κ2) is 5.47. The third kappa shape index (κ3) is 3.07. The van der Waals surface area contributed by atoms with Crippen molar-refractivity contribution < 1.29 is 4.42 Å². The van der Waals surface area contributed by atoms with Crippen molar-refractivity contribution in [2.45, 2.75) is 29.2 Å². The van der Waals surface area contributed by atoms with E-state index in [1.165, 1.54) is 11.8 Å². The van der Waals surface area contributed by atoms with E-state index in [1.54, 1.807) is 11.3 Å². The van der Waals surface area contributed by atoms with Crippen molar-refractivity contribution in [1.82, 2.24) is 10.2 Å². The molecule has 2 aromatic heterocycles. The summed E-state index contributed by atoms with van der Waals surface area (Å²) in [4.78, 5) is 0. The molecule has 0 unspecified atom stereocenters. The van der Waals surface area contributed by atoms with Crippen LogP contribution in [0.15, 0.2) is 26.0 Å². The first-order valence-electron chi connectivity index (χ1n) is 5.04. The van der Waals surface area contributed by atoms with Crippen LogP contribution in [0.5, 0.6) is 0 Å². The molecule has 0 aliphatic carbocycles. The monoisotopic (exact) mass is 255 g/mol. The third-order valence-corrected chi connectivity index (χ3v) is 3.77. The second-order valence-electron chi connectivity index (χ2n) is 3.30. The van der Waals surface area contributed by atoms with Crippen LogP contribution in [-0.2, 0) is 6.42 Å². The molecule has 0 aliphatic rings. The quantitative estimate of drug-likeness (QED) is 0.889. The van der Waals surface area contributed by atoms with Crippen molar-refractivity contribution in [3.8, 4) is 0 Å². The minimum atomic E-state index is 0.693. The van der Waals surface area contributed by atoms with Crippen LogP contribution in [0.25, 0.3) is 0 Å². The smallest absolute Gasteiger partial charge is 0.181 e. The molecule has 0 aliphatic heterocycles. The number of nitrogens with two attached hydrogens (primary N) is 1. The molecule has 0 fully saturated rings. The molecule has 0 spiro atoms. The van der Waals surface area contributed by atoms with Gasteiger partial charge in [-0.05, 0) is 43.8 Å². The average Bonchev–Trinajstić information content (AvgIpc) is 2.86. The number of rotatable bonds is 5. The lowest BCUT2D eigenvalue weighted by Gasteiger charge is -1.93. The van der Waals surface area contributed by atoms with Crippen molar-refractivity contribution in [3.05, 3.63) is 22.9 Å². The minimum absolute atomic E-state index is 0.693. The topological polar surface area (TPSA) is 64.9 Å². The molecule has 0 amide bonds. The summed E-state index contributed by atoms with van der Waals surface area (Å²) in [6.07, 6.45) is 1.85. The van der Waals surface area contributed by atoms with Crippen LogP contribution >= 0.6 is 23.1 Å². The van der Waals surface area contributed by atoms with Gasteiger partial charge in [-0.15, -0.1) is 10.2 Å². The van der Waals surface area contributed by atoms with Gasteiger partial charge in [0.1, 0.15) is 10.8 Å². The van der Waals surface area contributed by atoms with Gasteiger partial charge in [0.05, 0.1) is 0 Å². The van der Waals surface area contributed by atoms with E-state index in [2.05, 4.69) is 10.2 Å². The maximum atomic E-state index is 5.65. The molecule has 0 saturated heterocycles. The molecule has 2 heterocycles. The molecule has 86 valence electrons. The van der Waals surface area contributed by atoms with Gasteiger partial charge in [0, 0.05) is 6.42 Å². The average molecular weight is 255 g/mol. The normalized spacial score (nSPS) is 10.9. The Balaban J connectivity index is 1.97. The maximum absolute atomic E-state index is 5.65. The molecule has 0 saturated carbocycles. The summed E-state index contributed by atoms with van der Waals surface area (Å²) in [6.45, 7) is 2.63. The van der Waals surface area contributed by atoms with Crippen LogP contribution in [0.4, 0.5) is 0 Å². The van der Waals surface area contributed by atoms with Gasteiger partial charge in [-0.2, -0.15) is 0 Å². The second-order valence-corrected chi connectivity index (χ2v) is 5.74. The van der Waals surface area contributed by atoms with E-state index in [0.29, 0.717) is 6.54 Å². The highest BCUT2D eigenvalue weighted by atomic mass is 32.2. The van der Waals surface area contributed by atoms with E-state index in [-0.39, 0.29) is 0 Å². The molecular formula is C10H13N3OS2. The van der Waals surface area contributed by atoms with Gasteiger partial charge in [-0.1, -0.05) is 11.3 Å². The highest BCUT2D eigenvalue weighted by molar-refractivity contribution is 8.00. The molecule has 0 radical (unpaired) electrons. The van der Waals surface area contributed by atoms with Gasteiger partial charge in [-0.25, -0.2) is 0 Å². The van der Waals surface area contributed by atoms with Gasteiger partial charge in [0.15, 0.2) is 9.43 Å². The summed E-state index contributed by atoms with van der Waals surface area (Å²) in [5.74, 6) is 0.981. The van der Waals surface area contributed by atoms with Crippen LogP contribution in [0, 0.1) is 6.92 Å². The minimum Gasteiger partial charge on any atom is -0.454 e. The first-order chi connectivity index (χ1) is 7.78. The zero-order valence-corrected chi connectivity index (χ0v) is 10.6. The molecule has 2 rings (SSSR count). The Bertz CT molecular complexity index is 452. The molecule has 0 bridgehead atoms. The fourth-order valence-corrected chi connectivity index (χ4v) is 2.96. The molecule has 16 heavy (non-hydrogen) atoms. The summed E-state index contributed by atoms with van der Waals surface area (Å²) in [6, 6.07) is 3.96. The molecule has 2 aromatic rings. The maximum Gasteiger partial charge on any atom is 0.181 e. The molecule has 0 atom stereocenters. The Morgan fingerprint density at radius 2 is 2.31 bits per heavy atom. The fraction of sp³-hybridized carbons (Fsp3) is 0.400. The van der Waals surface area contributed by atoms with Crippen LogP contribution in [0.2, 0.25) is 0 Å².